The number of hydrogen-bond acceptors (Lipinski definition) is 2. The van der Waals surface area contributed by atoms with Crippen LogP contribution in [0, 0.1) is 6.92 Å². The first kappa shape index (κ1) is 16.9. The molecular formula is C18H18F4N2. The second-order valence-corrected chi connectivity index (χ2v) is 6.64. The Morgan fingerprint density at radius 3 is 2.46 bits per heavy atom. The van der Waals surface area contributed by atoms with Crippen molar-refractivity contribution >= 4 is 0 Å². The Morgan fingerprint density at radius 2 is 1.83 bits per heavy atom. The van der Waals surface area contributed by atoms with E-state index in [1.165, 1.54) is 26.1 Å². The summed E-state index contributed by atoms with van der Waals surface area (Å²) in [5.41, 5.74) is -0.444. The van der Waals surface area contributed by atoms with E-state index >= 15 is 0 Å². The molecule has 0 fully saturated rings. The molecule has 3 rings (SSSR count). The lowest BCUT2D eigenvalue weighted by Gasteiger charge is -2.44. The molecule has 1 aromatic heterocycles. The number of nitrogens with zero attached hydrogens (tertiary/aromatic N) is 1. The zero-order valence-corrected chi connectivity index (χ0v) is 13.6. The summed E-state index contributed by atoms with van der Waals surface area (Å²) < 4.78 is 55.2. The van der Waals surface area contributed by atoms with Gasteiger partial charge in [0.2, 0.25) is 0 Å². The lowest BCUT2D eigenvalue weighted by Crippen LogP contribution is -2.57. The van der Waals surface area contributed by atoms with Crippen LogP contribution in [0.3, 0.4) is 0 Å². The van der Waals surface area contributed by atoms with Crippen LogP contribution in [0.25, 0.3) is 0 Å². The van der Waals surface area contributed by atoms with E-state index in [0.29, 0.717) is 16.7 Å². The number of pyridine rings is 1. The molecule has 2 nitrogen and oxygen atoms in total. The van der Waals surface area contributed by atoms with Gasteiger partial charge in [-0.3, -0.25) is 10.3 Å². The molecule has 1 aromatic carbocycles. The number of nitrogens with one attached hydrogen (secondary N) is 1. The van der Waals surface area contributed by atoms with Crippen LogP contribution in [0.1, 0.15) is 54.3 Å². The summed E-state index contributed by atoms with van der Waals surface area (Å²) >= 11 is 0. The first-order chi connectivity index (χ1) is 11.1. The fourth-order valence-electron chi connectivity index (χ4n) is 3.16. The molecule has 0 saturated heterocycles. The molecule has 1 N–H and O–H groups in total. The Labute approximate surface area is 137 Å². The molecule has 0 spiro atoms. The normalized spacial score (nSPS) is 21.6. The number of alkyl halides is 4. The molecule has 6 heteroatoms. The molecular weight excluding hydrogens is 320 g/mol. The smallest absolute Gasteiger partial charge is 0.290 e. The molecule has 128 valence electrons. The molecule has 0 amide bonds. The number of halogens is 4. The highest BCUT2D eigenvalue weighted by atomic mass is 19.3. The average molecular weight is 338 g/mol. The van der Waals surface area contributed by atoms with Crippen molar-refractivity contribution in [3.63, 3.8) is 0 Å². The second-order valence-electron chi connectivity index (χ2n) is 6.64. The highest BCUT2D eigenvalue weighted by Crippen LogP contribution is 2.48. The van der Waals surface area contributed by atoms with Gasteiger partial charge in [0.05, 0.1) is 11.6 Å². The number of hydrogen-bond donors (Lipinski definition) is 1. The van der Waals surface area contributed by atoms with Crippen molar-refractivity contribution in [3.8, 4) is 0 Å². The molecule has 0 saturated carbocycles. The second kappa shape index (κ2) is 5.55. The molecule has 1 aliphatic rings. The van der Waals surface area contributed by atoms with E-state index in [-0.39, 0.29) is 11.3 Å². The third-order valence-electron chi connectivity index (χ3n) is 4.58. The molecule has 1 aliphatic heterocycles. The van der Waals surface area contributed by atoms with Crippen molar-refractivity contribution in [2.75, 3.05) is 0 Å². The van der Waals surface area contributed by atoms with E-state index in [1.54, 1.807) is 31.2 Å². The monoisotopic (exact) mass is 338 g/mol. The lowest BCUT2D eigenvalue weighted by molar-refractivity contribution is -0.0951. The zero-order chi connectivity index (χ0) is 17.7. The summed E-state index contributed by atoms with van der Waals surface area (Å²) in [5, 5.41) is 2.95. The molecule has 1 unspecified atom stereocenters. The van der Waals surface area contributed by atoms with E-state index in [9.17, 15) is 17.6 Å². The number of aryl methyl sites for hydroxylation is 1. The number of aromatic nitrogens is 1. The number of fused-ring (bicyclic) bond motifs is 1. The highest BCUT2D eigenvalue weighted by molar-refractivity contribution is 5.44. The third kappa shape index (κ3) is 2.49. The molecule has 24 heavy (non-hydrogen) atoms. The van der Waals surface area contributed by atoms with Gasteiger partial charge in [-0.15, -0.1) is 0 Å². The summed E-state index contributed by atoms with van der Waals surface area (Å²) in [7, 11) is 0. The lowest BCUT2D eigenvalue weighted by atomic mass is 9.78. The van der Waals surface area contributed by atoms with Crippen molar-refractivity contribution < 1.29 is 17.6 Å². The fourth-order valence-corrected chi connectivity index (χ4v) is 3.16. The Kier molecular flexibility index (Phi) is 3.91. The number of benzene rings is 1. The number of rotatable bonds is 2. The maximum absolute atomic E-state index is 14.7. The van der Waals surface area contributed by atoms with Crippen LogP contribution >= 0.6 is 0 Å². The van der Waals surface area contributed by atoms with Crippen molar-refractivity contribution in [1.82, 2.24) is 10.3 Å². The predicted octanol–water partition coefficient (Wildman–Crippen LogP) is 4.89. The maximum Gasteiger partial charge on any atom is 0.290 e. The van der Waals surface area contributed by atoms with Crippen LogP contribution in [0.15, 0.2) is 36.5 Å². The van der Waals surface area contributed by atoms with Crippen LogP contribution in [-0.4, -0.2) is 10.5 Å². The SMILES string of the molecule is Cc1cc(C2NC(C)(C)C(F)(F)c3ccccc32)cnc1C(F)F. The van der Waals surface area contributed by atoms with Crippen molar-refractivity contribution in [2.24, 2.45) is 0 Å². The minimum atomic E-state index is -3.05. The summed E-state index contributed by atoms with van der Waals surface area (Å²) in [6, 6.07) is 7.37. The Balaban J connectivity index is 2.14. The van der Waals surface area contributed by atoms with Gasteiger partial charge in [0, 0.05) is 11.8 Å². The summed E-state index contributed by atoms with van der Waals surface area (Å²) in [5.74, 6) is -3.05. The first-order valence-electron chi connectivity index (χ1n) is 7.64. The van der Waals surface area contributed by atoms with E-state index in [1.807, 2.05) is 0 Å². The maximum atomic E-state index is 14.7. The summed E-state index contributed by atoms with van der Waals surface area (Å²) in [6.07, 6.45) is -1.32. The molecule has 0 bridgehead atoms. The van der Waals surface area contributed by atoms with Gasteiger partial charge < -0.3 is 0 Å². The predicted molar refractivity (Wildman–Crippen MR) is 83.3 cm³/mol. The van der Waals surface area contributed by atoms with Crippen LogP contribution in [0.4, 0.5) is 17.6 Å². The van der Waals surface area contributed by atoms with Crippen molar-refractivity contribution in [1.29, 1.82) is 0 Å². The standard InChI is InChI=1S/C18H18F4N2/c1-10-8-11(9-23-14(10)16(19)20)15-12-6-4-5-7-13(12)18(21,22)17(2,3)24-15/h4-9,15-16,24H,1-3H3. The van der Waals surface area contributed by atoms with Gasteiger partial charge in [-0.25, -0.2) is 8.78 Å². The fraction of sp³-hybridized carbons (Fsp3) is 0.389. The average Bonchev–Trinajstić information content (AvgIpc) is 2.51. The minimum Gasteiger partial charge on any atom is -0.295 e. The van der Waals surface area contributed by atoms with Crippen molar-refractivity contribution in [2.45, 2.75) is 44.7 Å². The molecule has 0 aliphatic carbocycles. The topological polar surface area (TPSA) is 24.9 Å². The van der Waals surface area contributed by atoms with Gasteiger partial charge in [-0.1, -0.05) is 30.3 Å². The molecule has 2 aromatic rings. The van der Waals surface area contributed by atoms with E-state index in [2.05, 4.69) is 10.3 Å². The van der Waals surface area contributed by atoms with Crippen LogP contribution in [0.2, 0.25) is 0 Å². The molecule has 1 atom stereocenters. The van der Waals surface area contributed by atoms with E-state index in [0.717, 1.165) is 0 Å². The summed E-state index contributed by atoms with van der Waals surface area (Å²) in [4.78, 5) is 3.83. The Hall–Kier alpha value is -1.95. The Morgan fingerprint density at radius 1 is 1.17 bits per heavy atom. The van der Waals surface area contributed by atoms with Gasteiger partial charge in [0.25, 0.3) is 12.3 Å². The van der Waals surface area contributed by atoms with Crippen molar-refractivity contribution in [3.05, 3.63) is 64.5 Å². The first-order valence-corrected chi connectivity index (χ1v) is 7.64. The van der Waals surface area contributed by atoms with Gasteiger partial charge in [-0.05, 0) is 37.5 Å². The van der Waals surface area contributed by atoms with Crippen LogP contribution < -0.4 is 5.32 Å². The van der Waals surface area contributed by atoms with Gasteiger partial charge in [0.1, 0.15) is 5.69 Å². The van der Waals surface area contributed by atoms with Gasteiger partial charge >= 0.3 is 0 Å². The van der Waals surface area contributed by atoms with Gasteiger partial charge in [0.15, 0.2) is 0 Å². The quantitative estimate of drug-likeness (QED) is 0.789. The van der Waals surface area contributed by atoms with Crippen LogP contribution in [0.5, 0.6) is 0 Å². The highest BCUT2D eigenvalue weighted by Gasteiger charge is 2.54. The third-order valence-corrected chi connectivity index (χ3v) is 4.58. The Bertz CT molecular complexity index is 771. The van der Waals surface area contributed by atoms with Crippen LogP contribution in [-0.2, 0) is 5.92 Å². The summed E-state index contributed by atoms with van der Waals surface area (Å²) in [6.45, 7) is 4.42. The van der Waals surface area contributed by atoms with Gasteiger partial charge in [-0.2, -0.15) is 8.78 Å². The largest absolute Gasteiger partial charge is 0.295 e. The zero-order valence-electron chi connectivity index (χ0n) is 13.6. The van der Waals surface area contributed by atoms with E-state index in [4.69, 9.17) is 0 Å². The van der Waals surface area contributed by atoms with E-state index < -0.39 is 23.9 Å². The molecule has 2 heterocycles. The molecule has 0 radical (unpaired) electrons. The minimum absolute atomic E-state index is 0.0469.